The number of rotatable bonds is 4. The number of carbonyl (C=O) groups is 1. The Balaban J connectivity index is 1.55. The van der Waals surface area contributed by atoms with Crippen LogP contribution in [0.15, 0.2) is 91.0 Å². The second-order valence-corrected chi connectivity index (χ2v) is 9.90. The standard InChI is InChI=1S/C24H21NO2Se/c26-23-22(28-20-14-8-3-9-15-20)16-24(19-12-6-2-7-13-19)25(23)21(17-27-24)18-10-4-1-5-11-18/h1-15,21-22H,16-17H2/t21-,22?,24+/m1/s1. The van der Waals surface area contributed by atoms with Crippen molar-refractivity contribution in [2.45, 2.75) is 23.0 Å². The molecule has 0 spiro atoms. The minimum absolute atomic E-state index is 0.0124. The first-order valence-electron chi connectivity index (χ1n) is 9.57. The van der Waals surface area contributed by atoms with Crippen molar-refractivity contribution in [3.63, 3.8) is 0 Å². The van der Waals surface area contributed by atoms with Crippen molar-refractivity contribution >= 4 is 25.3 Å². The fraction of sp³-hybridized carbons (Fsp3) is 0.208. The summed E-state index contributed by atoms with van der Waals surface area (Å²) in [5.74, 6) is 0.221. The number of amides is 1. The normalized spacial score (nSPS) is 26.4. The van der Waals surface area contributed by atoms with Crippen molar-refractivity contribution < 1.29 is 9.53 Å². The van der Waals surface area contributed by atoms with E-state index < -0.39 is 5.72 Å². The molecule has 0 N–H and O–H groups in total. The summed E-state index contributed by atoms with van der Waals surface area (Å²) >= 11 is 0.0784. The molecule has 3 aromatic carbocycles. The Morgan fingerprint density at radius 1 is 0.857 bits per heavy atom. The molecule has 3 atom stereocenters. The van der Waals surface area contributed by atoms with Gasteiger partial charge in [0.25, 0.3) is 0 Å². The van der Waals surface area contributed by atoms with Gasteiger partial charge in [-0.25, -0.2) is 0 Å². The molecule has 0 saturated carbocycles. The molecular weight excluding hydrogens is 413 g/mol. The van der Waals surface area contributed by atoms with Gasteiger partial charge in [-0.2, -0.15) is 0 Å². The van der Waals surface area contributed by atoms with Crippen molar-refractivity contribution in [2.24, 2.45) is 0 Å². The molecule has 2 heterocycles. The molecular formula is C24H21NO2Se. The van der Waals surface area contributed by atoms with E-state index in [2.05, 4.69) is 36.4 Å². The van der Waals surface area contributed by atoms with Crippen LogP contribution >= 0.6 is 0 Å². The van der Waals surface area contributed by atoms with E-state index >= 15 is 0 Å². The van der Waals surface area contributed by atoms with Gasteiger partial charge in [-0.3, -0.25) is 0 Å². The quantitative estimate of drug-likeness (QED) is 0.587. The second kappa shape index (κ2) is 7.21. The summed E-state index contributed by atoms with van der Waals surface area (Å²) in [6.07, 6.45) is 0.716. The number of fused-ring (bicyclic) bond motifs is 1. The molecule has 3 nitrogen and oxygen atoms in total. The van der Waals surface area contributed by atoms with Gasteiger partial charge in [0.1, 0.15) is 0 Å². The number of benzene rings is 3. The van der Waals surface area contributed by atoms with Gasteiger partial charge in [0.15, 0.2) is 0 Å². The van der Waals surface area contributed by atoms with Crippen LogP contribution in [0.4, 0.5) is 0 Å². The summed E-state index contributed by atoms with van der Waals surface area (Å²) in [6, 6.07) is 30.8. The Hall–Kier alpha value is -2.39. The van der Waals surface area contributed by atoms with E-state index in [1.807, 2.05) is 59.5 Å². The van der Waals surface area contributed by atoms with Gasteiger partial charge in [-0.1, -0.05) is 0 Å². The first kappa shape index (κ1) is 17.7. The maximum absolute atomic E-state index is 13.6. The van der Waals surface area contributed by atoms with Crippen LogP contribution in [0.3, 0.4) is 0 Å². The van der Waals surface area contributed by atoms with Crippen LogP contribution in [-0.4, -0.2) is 32.4 Å². The molecule has 1 amide bonds. The molecule has 28 heavy (non-hydrogen) atoms. The summed E-state index contributed by atoms with van der Waals surface area (Å²) in [7, 11) is 0. The second-order valence-electron chi connectivity index (χ2n) is 7.22. The van der Waals surface area contributed by atoms with E-state index in [9.17, 15) is 4.79 Å². The van der Waals surface area contributed by atoms with E-state index in [4.69, 9.17) is 4.74 Å². The Bertz CT molecular complexity index is 964. The Labute approximate surface area is 171 Å². The van der Waals surface area contributed by atoms with Crippen LogP contribution in [0.2, 0.25) is 4.82 Å². The van der Waals surface area contributed by atoms with E-state index in [0.717, 1.165) is 11.1 Å². The number of hydrogen-bond acceptors (Lipinski definition) is 2. The fourth-order valence-corrected chi connectivity index (χ4v) is 6.76. The Morgan fingerprint density at radius 3 is 2.14 bits per heavy atom. The topological polar surface area (TPSA) is 29.5 Å². The summed E-state index contributed by atoms with van der Waals surface area (Å²) in [4.78, 5) is 15.6. The van der Waals surface area contributed by atoms with Gasteiger partial charge < -0.3 is 0 Å². The van der Waals surface area contributed by atoms with E-state index in [-0.39, 0.29) is 31.7 Å². The van der Waals surface area contributed by atoms with Gasteiger partial charge in [0, 0.05) is 0 Å². The fourth-order valence-electron chi connectivity index (χ4n) is 4.31. The minimum atomic E-state index is -0.653. The molecule has 0 bridgehead atoms. The molecule has 4 heteroatoms. The van der Waals surface area contributed by atoms with Crippen LogP contribution in [0, 0.1) is 0 Å². The molecule has 2 saturated heterocycles. The summed E-state index contributed by atoms with van der Waals surface area (Å²) in [5.41, 5.74) is 1.56. The predicted octanol–water partition coefficient (Wildman–Crippen LogP) is 3.66. The number of nitrogens with zero attached hydrogens (tertiary/aromatic N) is 1. The molecule has 0 aromatic heterocycles. The van der Waals surface area contributed by atoms with Crippen LogP contribution in [0.1, 0.15) is 23.6 Å². The van der Waals surface area contributed by atoms with Crippen molar-refractivity contribution in [3.05, 3.63) is 102 Å². The van der Waals surface area contributed by atoms with Gasteiger partial charge in [0.2, 0.25) is 0 Å². The molecule has 0 aliphatic carbocycles. The zero-order valence-corrected chi connectivity index (χ0v) is 17.1. The van der Waals surface area contributed by atoms with Crippen LogP contribution < -0.4 is 4.46 Å². The predicted molar refractivity (Wildman–Crippen MR) is 110 cm³/mol. The molecule has 140 valence electrons. The van der Waals surface area contributed by atoms with Crippen LogP contribution in [0.25, 0.3) is 0 Å². The van der Waals surface area contributed by atoms with Crippen molar-refractivity contribution in [3.8, 4) is 0 Å². The molecule has 3 aromatic rings. The number of ether oxygens (including phenoxy) is 1. The van der Waals surface area contributed by atoms with Crippen molar-refractivity contribution in [1.29, 1.82) is 0 Å². The van der Waals surface area contributed by atoms with Gasteiger partial charge in [-0.05, 0) is 0 Å². The third-order valence-electron chi connectivity index (χ3n) is 5.59. The summed E-state index contributed by atoms with van der Waals surface area (Å²) in [6.45, 7) is 0.537. The monoisotopic (exact) mass is 435 g/mol. The number of carbonyl (C=O) groups excluding carboxylic acids is 1. The zero-order valence-electron chi connectivity index (χ0n) is 15.4. The van der Waals surface area contributed by atoms with E-state index in [0.29, 0.717) is 13.0 Å². The van der Waals surface area contributed by atoms with E-state index in [1.165, 1.54) is 4.46 Å². The molecule has 2 aliphatic heterocycles. The van der Waals surface area contributed by atoms with Gasteiger partial charge in [-0.15, -0.1) is 0 Å². The van der Waals surface area contributed by atoms with Crippen LogP contribution in [-0.2, 0) is 15.3 Å². The molecule has 5 rings (SSSR count). The van der Waals surface area contributed by atoms with Crippen molar-refractivity contribution in [1.82, 2.24) is 4.90 Å². The number of hydrogen-bond donors (Lipinski definition) is 0. The Kier molecular flexibility index (Phi) is 4.56. The first-order valence-corrected chi connectivity index (χ1v) is 11.4. The van der Waals surface area contributed by atoms with Crippen molar-refractivity contribution in [2.75, 3.05) is 6.61 Å². The Morgan fingerprint density at radius 2 is 1.46 bits per heavy atom. The SMILES string of the molecule is O=C1C([Se]c2ccccc2)C[C@@]2(c3ccccc3)OC[C@H](c3ccccc3)N12. The molecule has 2 aliphatic rings. The molecule has 2 fully saturated rings. The average Bonchev–Trinajstić information content (AvgIpc) is 3.27. The molecule has 1 unspecified atom stereocenters. The summed E-state index contributed by atoms with van der Waals surface area (Å²) in [5, 5.41) is 0. The maximum atomic E-state index is 13.6. The summed E-state index contributed by atoms with van der Waals surface area (Å²) < 4.78 is 7.73. The first-order chi connectivity index (χ1) is 13.8. The molecule has 0 radical (unpaired) electrons. The van der Waals surface area contributed by atoms with Crippen LogP contribution in [0.5, 0.6) is 0 Å². The van der Waals surface area contributed by atoms with E-state index in [1.54, 1.807) is 0 Å². The third-order valence-corrected chi connectivity index (χ3v) is 8.10. The average molecular weight is 434 g/mol. The van der Waals surface area contributed by atoms with Gasteiger partial charge in [0.05, 0.1) is 0 Å². The van der Waals surface area contributed by atoms with Gasteiger partial charge >= 0.3 is 171 Å². The zero-order chi connectivity index (χ0) is 19.0. The third kappa shape index (κ3) is 2.89.